The van der Waals surface area contributed by atoms with E-state index in [1.165, 1.54) is 0 Å². The molecule has 1 amide bonds. The molecule has 2 rings (SSSR count). The highest BCUT2D eigenvalue weighted by Crippen LogP contribution is 2.33. The molecule has 112 valence electrons. The molecule has 0 bridgehead atoms. The van der Waals surface area contributed by atoms with Crippen LogP contribution in [-0.2, 0) is 18.9 Å². The maximum absolute atomic E-state index is 12.3. The Morgan fingerprint density at radius 2 is 2.35 bits per heavy atom. The quantitative estimate of drug-likeness (QED) is 0.758. The van der Waals surface area contributed by atoms with Crippen LogP contribution < -0.4 is 5.73 Å². The van der Waals surface area contributed by atoms with Crippen molar-refractivity contribution in [3.8, 4) is 0 Å². The molecule has 2 aliphatic heterocycles. The summed E-state index contributed by atoms with van der Waals surface area (Å²) in [7, 11) is -0.509. The predicted octanol–water partition coefficient (Wildman–Crippen LogP) is 0.414. The molecule has 7 heteroatoms. The number of nitrogens with two attached hydrogens (primary N) is 1. The summed E-state index contributed by atoms with van der Waals surface area (Å²) in [4.78, 5) is 25.9. The maximum Gasteiger partial charge on any atom is 0.527 e. The Kier molecular flexibility index (Phi) is 4.70. The van der Waals surface area contributed by atoms with Crippen molar-refractivity contribution in [1.29, 1.82) is 0 Å². The van der Waals surface area contributed by atoms with Gasteiger partial charge in [-0.2, -0.15) is 0 Å². The van der Waals surface area contributed by atoms with E-state index in [4.69, 9.17) is 15.0 Å². The van der Waals surface area contributed by atoms with Crippen molar-refractivity contribution in [2.45, 2.75) is 45.0 Å². The third-order valence-electron chi connectivity index (χ3n) is 4.24. The van der Waals surface area contributed by atoms with E-state index in [0.717, 1.165) is 12.8 Å². The van der Waals surface area contributed by atoms with E-state index in [2.05, 4.69) is 0 Å². The van der Waals surface area contributed by atoms with Crippen LogP contribution in [0.5, 0.6) is 0 Å². The summed E-state index contributed by atoms with van der Waals surface area (Å²) >= 11 is 0. The van der Waals surface area contributed by atoms with Crippen LogP contribution in [0.1, 0.15) is 33.1 Å². The van der Waals surface area contributed by atoms with Gasteiger partial charge in [-0.25, -0.2) is 0 Å². The van der Waals surface area contributed by atoms with Gasteiger partial charge in [0.05, 0.1) is 0 Å². The number of nitrogens with zero attached hydrogens (tertiary/aromatic N) is 1. The van der Waals surface area contributed by atoms with Crippen molar-refractivity contribution < 1.29 is 18.9 Å². The number of likely N-dealkylation sites (tertiary alicyclic amines) is 1. The third kappa shape index (κ3) is 2.83. The van der Waals surface area contributed by atoms with Crippen molar-refractivity contribution >= 4 is 19.0 Å². The summed E-state index contributed by atoms with van der Waals surface area (Å²) in [5, 5.41) is 0. The number of rotatable bonds is 3. The first-order valence-electron chi connectivity index (χ1n) is 7.40. The monoisotopic (exact) mass is 282 g/mol. The van der Waals surface area contributed by atoms with Gasteiger partial charge < -0.3 is 19.9 Å². The van der Waals surface area contributed by atoms with E-state index in [1.54, 1.807) is 4.90 Å². The minimum atomic E-state index is -1.08. The summed E-state index contributed by atoms with van der Waals surface area (Å²) in [5.74, 6) is -0.421. The van der Waals surface area contributed by atoms with E-state index in [9.17, 15) is 9.59 Å². The van der Waals surface area contributed by atoms with E-state index >= 15 is 0 Å². The molecule has 0 unspecified atom stereocenters. The summed E-state index contributed by atoms with van der Waals surface area (Å²) in [6.45, 7) is 4.99. The summed E-state index contributed by atoms with van der Waals surface area (Å²) in [5.41, 5.74) is 5.21. The molecule has 0 saturated carbocycles. The van der Waals surface area contributed by atoms with Gasteiger partial charge in [-0.05, 0) is 19.7 Å². The molecule has 0 spiro atoms. The smallest absolute Gasteiger partial charge is 0.508 e. The Hall–Kier alpha value is -1.08. The Bertz CT molecular complexity index is 393. The number of fused-ring (bicyclic) bond motifs is 1. The lowest BCUT2D eigenvalue weighted by Crippen LogP contribution is -2.58. The zero-order valence-electron chi connectivity index (χ0n) is 12.3. The molecular weight excluding hydrogens is 259 g/mol. The average Bonchev–Trinajstić information content (AvgIpc) is 2.75. The Labute approximate surface area is 120 Å². The van der Waals surface area contributed by atoms with Crippen LogP contribution in [0, 0.1) is 5.92 Å². The molecule has 2 fully saturated rings. The number of carbonyl (C=O) groups is 2. The van der Waals surface area contributed by atoms with Gasteiger partial charge in [-0.1, -0.05) is 13.3 Å². The van der Waals surface area contributed by atoms with Crippen LogP contribution in [0.4, 0.5) is 0 Å². The fourth-order valence-electron chi connectivity index (χ4n) is 3.05. The topological polar surface area (TPSA) is 81.9 Å². The van der Waals surface area contributed by atoms with Crippen LogP contribution in [-0.4, -0.2) is 49.1 Å². The van der Waals surface area contributed by atoms with Crippen molar-refractivity contribution in [2.24, 2.45) is 11.7 Å². The SMILES string of the molecule is CCOB1CCC[C@H]2CN(C(=O)CC)C[C@@]2(N)C(=O)O1. The number of carbonyl (C=O) groups excluding carboxylic acids is 2. The van der Waals surface area contributed by atoms with Crippen LogP contribution in [0.25, 0.3) is 0 Å². The lowest BCUT2D eigenvalue weighted by molar-refractivity contribution is -0.143. The largest absolute Gasteiger partial charge is 0.527 e. The average molecular weight is 282 g/mol. The van der Waals surface area contributed by atoms with Crippen LogP contribution in [0.3, 0.4) is 0 Å². The van der Waals surface area contributed by atoms with E-state index < -0.39 is 18.6 Å². The molecule has 2 N–H and O–H groups in total. The molecule has 0 radical (unpaired) electrons. The first kappa shape index (κ1) is 15.3. The van der Waals surface area contributed by atoms with Crippen LogP contribution in [0.2, 0.25) is 6.32 Å². The zero-order chi connectivity index (χ0) is 14.8. The second kappa shape index (κ2) is 6.14. The second-order valence-corrected chi connectivity index (χ2v) is 5.59. The summed E-state index contributed by atoms with van der Waals surface area (Å²) in [6, 6.07) is 0. The summed E-state index contributed by atoms with van der Waals surface area (Å²) < 4.78 is 10.8. The van der Waals surface area contributed by atoms with E-state index in [0.29, 0.717) is 25.9 Å². The molecule has 2 atom stereocenters. The van der Waals surface area contributed by atoms with Gasteiger partial charge in [-0.3, -0.25) is 9.59 Å². The second-order valence-electron chi connectivity index (χ2n) is 5.59. The highest BCUT2D eigenvalue weighted by atomic mass is 16.6. The first-order valence-corrected chi connectivity index (χ1v) is 7.40. The highest BCUT2D eigenvalue weighted by molar-refractivity contribution is 6.47. The Morgan fingerprint density at radius 1 is 1.60 bits per heavy atom. The van der Waals surface area contributed by atoms with Gasteiger partial charge in [0.1, 0.15) is 5.54 Å². The van der Waals surface area contributed by atoms with Crippen molar-refractivity contribution in [1.82, 2.24) is 4.90 Å². The number of hydrogen-bond donors (Lipinski definition) is 1. The van der Waals surface area contributed by atoms with Gasteiger partial charge in [-0.15, -0.1) is 0 Å². The van der Waals surface area contributed by atoms with Crippen LogP contribution in [0.15, 0.2) is 0 Å². The minimum Gasteiger partial charge on any atom is -0.508 e. The molecule has 20 heavy (non-hydrogen) atoms. The minimum absolute atomic E-state index is 0.0203. The van der Waals surface area contributed by atoms with Gasteiger partial charge in [0.2, 0.25) is 5.91 Å². The standard InChI is InChI=1S/C13H23BN2O4/c1-3-11(17)16-8-10-6-5-7-14(19-4-2)20-12(18)13(10,15)9-16/h10H,3-9,15H2,1-2H3/t10-,13-/m0/s1. The van der Waals surface area contributed by atoms with Crippen molar-refractivity contribution in [3.63, 3.8) is 0 Å². The van der Waals surface area contributed by atoms with Crippen molar-refractivity contribution in [2.75, 3.05) is 19.7 Å². The molecule has 6 nitrogen and oxygen atoms in total. The molecule has 2 aliphatic rings. The normalized spacial score (nSPS) is 30.6. The van der Waals surface area contributed by atoms with Gasteiger partial charge in [0.15, 0.2) is 0 Å². The predicted molar refractivity (Wildman–Crippen MR) is 74.8 cm³/mol. The number of hydrogen-bond acceptors (Lipinski definition) is 5. The Morgan fingerprint density at radius 3 is 3.00 bits per heavy atom. The number of amides is 1. The van der Waals surface area contributed by atoms with Crippen molar-refractivity contribution in [3.05, 3.63) is 0 Å². The maximum atomic E-state index is 12.3. The molecule has 0 aromatic rings. The molecule has 0 aromatic carbocycles. The summed E-state index contributed by atoms with van der Waals surface area (Å²) in [6.07, 6.45) is 2.83. The first-order chi connectivity index (χ1) is 9.51. The lowest BCUT2D eigenvalue weighted by Gasteiger charge is -2.31. The highest BCUT2D eigenvalue weighted by Gasteiger charge is 2.52. The lowest BCUT2D eigenvalue weighted by atomic mass is 9.74. The van der Waals surface area contributed by atoms with Gasteiger partial charge >= 0.3 is 13.1 Å². The van der Waals surface area contributed by atoms with Gasteiger partial charge in [0, 0.05) is 32.0 Å². The Balaban J connectivity index is 2.12. The zero-order valence-corrected chi connectivity index (χ0v) is 12.3. The molecule has 0 aromatic heterocycles. The fraction of sp³-hybridized carbons (Fsp3) is 0.846. The fourth-order valence-corrected chi connectivity index (χ4v) is 3.05. The van der Waals surface area contributed by atoms with Crippen LogP contribution >= 0.6 is 0 Å². The van der Waals surface area contributed by atoms with E-state index in [-0.39, 0.29) is 18.4 Å². The van der Waals surface area contributed by atoms with E-state index in [1.807, 2.05) is 13.8 Å². The van der Waals surface area contributed by atoms with Gasteiger partial charge in [0.25, 0.3) is 0 Å². The third-order valence-corrected chi connectivity index (χ3v) is 4.24. The molecular formula is C13H23BN2O4. The molecule has 2 heterocycles. The molecule has 2 saturated heterocycles. The molecule has 0 aliphatic carbocycles.